The zero-order chi connectivity index (χ0) is 9.80. The maximum absolute atomic E-state index is 5.65. The molecule has 1 aromatic rings. The Kier molecular flexibility index (Phi) is 2.96. The Morgan fingerprint density at radius 1 is 1.79 bits per heavy atom. The standard InChI is InChI=1S/C10H15N3O/c1-2-4-13-8-12-6-9(13)10-7-11-3-5-14-10/h2,6,8,10-11H,1,3-5,7H2. The van der Waals surface area contributed by atoms with Gasteiger partial charge in [-0.3, -0.25) is 0 Å². The van der Waals surface area contributed by atoms with E-state index < -0.39 is 0 Å². The number of aromatic nitrogens is 2. The molecular formula is C10H15N3O. The topological polar surface area (TPSA) is 39.1 Å². The molecule has 76 valence electrons. The van der Waals surface area contributed by atoms with Gasteiger partial charge >= 0.3 is 0 Å². The van der Waals surface area contributed by atoms with Gasteiger partial charge in [0.05, 0.1) is 24.8 Å². The molecule has 1 saturated heterocycles. The fourth-order valence-electron chi connectivity index (χ4n) is 1.65. The lowest BCUT2D eigenvalue weighted by Gasteiger charge is -2.24. The van der Waals surface area contributed by atoms with Gasteiger partial charge in [0.25, 0.3) is 0 Å². The number of imidazole rings is 1. The van der Waals surface area contributed by atoms with E-state index in [2.05, 4.69) is 21.4 Å². The van der Waals surface area contributed by atoms with Crippen molar-refractivity contribution < 1.29 is 4.74 Å². The molecule has 1 atom stereocenters. The van der Waals surface area contributed by atoms with Gasteiger partial charge in [-0.05, 0) is 0 Å². The van der Waals surface area contributed by atoms with Gasteiger partial charge in [-0.2, -0.15) is 0 Å². The third-order valence-electron chi connectivity index (χ3n) is 2.33. The van der Waals surface area contributed by atoms with E-state index in [4.69, 9.17) is 4.74 Å². The summed E-state index contributed by atoms with van der Waals surface area (Å²) in [6.07, 6.45) is 5.67. The highest BCUT2D eigenvalue weighted by Crippen LogP contribution is 2.17. The molecule has 0 aromatic carbocycles. The zero-order valence-corrected chi connectivity index (χ0v) is 8.15. The van der Waals surface area contributed by atoms with Gasteiger partial charge in [-0.25, -0.2) is 4.98 Å². The Morgan fingerprint density at radius 3 is 3.43 bits per heavy atom. The Labute approximate surface area is 83.6 Å². The first kappa shape index (κ1) is 9.43. The van der Waals surface area contributed by atoms with Crippen molar-refractivity contribution >= 4 is 0 Å². The van der Waals surface area contributed by atoms with E-state index >= 15 is 0 Å². The lowest BCUT2D eigenvalue weighted by Crippen LogP contribution is -2.34. The third-order valence-corrected chi connectivity index (χ3v) is 2.33. The average molecular weight is 193 g/mol. The smallest absolute Gasteiger partial charge is 0.111 e. The molecular weight excluding hydrogens is 178 g/mol. The predicted octanol–water partition coefficient (Wildman–Crippen LogP) is 0.730. The van der Waals surface area contributed by atoms with E-state index in [0.717, 1.165) is 31.9 Å². The van der Waals surface area contributed by atoms with Crippen molar-refractivity contribution in [2.75, 3.05) is 19.7 Å². The number of nitrogens with zero attached hydrogens (tertiary/aromatic N) is 2. The van der Waals surface area contributed by atoms with Crippen molar-refractivity contribution in [3.8, 4) is 0 Å². The predicted molar refractivity (Wildman–Crippen MR) is 54.0 cm³/mol. The van der Waals surface area contributed by atoms with Crippen molar-refractivity contribution in [2.45, 2.75) is 12.6 Å². The molecule has 0 amide bonds. The Bertz CT molecular complexity index is 302. The molecule has 1 fully saturated rings. The zero-order valence-electron chi connectivity index (χ0n) is 8.15. The van der Waals surface area contributed by atoms with Crippen molar-refractivity contribution in [3.63, 3.8) is 0 Å². The van der Waals surface area contributed by atoms with Crippen LogP contribution in [-0.2, 0) is 11.3 Å². The molecule has 2 heterocycles. The van der Waals surface area contributed by atoms with Gasteiger partial charge in [0.1, 0.15) is 6.10 Å². The quantitative estimate of drug-likeness (QED) is 0.719. The minimum absolute atomic E-state index is 0.131. The van der Waals surface area contributed by atoms with Crippen molar-refractivity contribution in [1.29, 1.82) is 0 Å². The van der Waals surface area contributed by atoms with Crippen LogP contribution >= 0.6 is 0 Å². The number of rotatable bonds is 3. The molecule has 1 N–H and O–H groups in total. The van der Waals surface area contributed by atoms with Crippen LogP contribution in [0.5, 0.6) is 0 Å². The third kappa shape index (κ3) is 1.86. The van der Waals surface area contributed by atoms with Crippen LogP contribution < -0.4 is 5.32 Å². The molecule has 4 heteroatoms. The summed E-state index contributed by atoms with van der Waals surface area (Å²) >= 11 is 0. The van der Waals surface area contributed by atoms with E-state index in [1.807, 2.05) is 18.6 Å². The molecule has 4 nitrogen and oxygen atoms in total. The van der Waals surface area contributed by atoms with Gasteiger partial charge in [0, 0.05) is 19.6 Å². The summed E-state index contributed by atoms with van der Waals surface area (Å²) in [5, 5.41) is 3.30. The molecule has 0 aliphatic carbocycles. The minimum Gasteiger partial charge on any atom is -0.369 e. The summed E-state index contributed by atoms with van der Waals surface area (Å²) in [4.78, 5) is 4.12. The Balaban J connectivity index is 2.12. The molecule has 1 aromatic heterocycles. The van der Waals surface area contributed by atoms with Gasteiger partial charge < -0.3 is 14.6 Å². The van der Waals surface area contributed by atoms with Gasteiger partial charge in [-0.15, -0.1) is 6.58 Å². The van der Waals surface area contributed by atoms with E-state index in [1.165, 1.54) is 0 Å². The Morgan fingerprint density at radius 2 is 2.71 bits per heavy atom. The van der Waals surface area contributed by atoms with Crippen LogP contribution in [0.2, 0.25) is 0 Å². The summed E-state index contributed by atoms with van der Waals surface area (Å²) < 4.78 is 7.71. The van der Waals surface area contributed by atoms with Crippen LogP contribution in [0, 0.1) is 0 Å². The molecule has 0 saturated carbocycles. The van der Waals surface area contributed by atoms with Gasteiger partial charge in [0.15, 0.2) is 0 Å². The number of ether oxygens (including phenoxy) is 1. The number of allylic oxidation sites excluding steroid dienone is 1. The largest absolute Gasteiger partial charge is 0.369 e. The second-order valence-electron chi connectivity index (χ2n) is 3.32. The maximum atomic E-state index is 5.65. The van der Waals surface area contributed by atoms with E-state index in [0.29, 0.717) is 0 Å². The lowest BCUT2D eigenvalue weighted by atomic mass is 10.2. The minimum atomic E-state index is 0.131. The number of morpholine rings is 1. The molecule has 0 spiro atoms. The number of hydrogen-bond donors (Lipinski definition) is 1. The molecule has 1 aliphatic heterocycles. The normalized spacial score (nSPS) is 22.1. The summed E-state index contributed by atoms with van der Waals surface area (Å²) in [6.45, 7) is 7.07. The second-order valence-corrected chi connectivity index (χ2v) is 3.32. The SMILES string of the molecule is C=CCn1cncc1C1CNCCO1. The highest BCUT2D eigenvalue weighted by molar-refractivity contribution is 5.05. The summed E-state index contributed by atoms with van der Waals surface area (Å²) in [5.74, 6) is 0. The first-order chi connectivity index (χ1) is 6.92. The lowest BCUT2D eigenvalue weighted by molar-refractivity contribution is 0.0230. The van der Waals surface area contributed by atoms with Crippen LogP contribution in [0.25, 0.3) is 0 Å². The molecule has 0 bridgehead atoms. The van der Waals surface area contributed by atoms with Crippen LogP contribution in [0.4, 0.5) is 0 Å². The molecule has 0 radical (unpaired) electrons. The molecule has 2 rings (SSSR count). The van der Waals surface area contributed by atoms with Crippen molar-refractivity contribution in [3.05, 3.63) is 30.9 Å². The van der Waals surface area contributed by atoms with E-state index in [1.54, 1.807) is 0 Å². The van der Waals surface area contributed by atoms with E-state index in [-0.39, 0.29) is 6.10 Å². The second kappa shape index (κ2) is 4.39. The fraction of sp³-hybridized carbons (Fsp3) is 0.500. The van der Waals surface area contributed by atoms with Gasteiger partial charge in [0.2, 0.25) is 0 Å². The fourth-order valence-corrected chi connectivity index (χ4v) is 1.65. The highest BCUT2D eigenvalue weighted by atomic mass is 16.5. The highest BCUT2D eigenvalue weighted by Gasteiger charge is 2.18. The summed E-state index contributed by atoms with van der Waals surface area (Å²) in [7, 11) is 0. The Hall–Kier alpha value is -1.13. The number of nitrogens with one attached hydrogen (secondary N) is 1. The van der Waals surface area contributed by atoms with Crippen LogP contribution in [0.15, 0.2) is 25.2 Å². The van der Waals surface area contributed by atoms with Crippen LogP contribution in [0.3, 0.4) is 0 Å². The average Bonchev–Trinajstić information content (AvgIpc) is 2.68. The summed E-state index contributed by atoms with van der Waals surface area (Å²) in [5.41, 5.74) is 1.12. The van der Waals surface area contributed by atoms with Crippen molar-refractivity contribution in [2.24, 2.45) is 0 Å². The number of hydrogen-bond acceptors (Lipinski definition) is 3. The maximum Gasteiger partial charge on any atom is 0.111 e. The van der Waals surface area contributed by atoms with Crippen LogP contribution in [-0.4, -0.2) is 29.2 Å². The van der Waals surface area contributed by atoms with Crippen molar-refractivity contribution in [1.82, 2.24) is 14.9 Å². The van der Waals surface area contributed by atoms with Gasteiger partial charge in [-0.1, -0.05) is 6.08 Å². The van der Waals surface area contributed by atoms with Crippen LogP contribution in [0.1, 0.15) is 11.8 Å². The molecule has 14 heavy (non-hydrogen) atoms. The monoisotopic (exact) mass is 193 g/mol. The van der Waals surface area contributed by atoms with E-state index in [9.17, 15) is 0 Å². The molecule has 1 aliphatic rings. The first-order valence-electron chi connectivity index (χ1n) is 4.85. The first-order valence-corrected chi connectivity index (χ1v) is 4.85. The summed E-state index contributed by atoms with van der Waals surface area (Å²) in [6, 6.07) is 0. The molecule has 1 unspecified atom stereocenters.